The maximum absolute atomic E-state index is 12.4. The van der Waals surface area contributed by atoms with Gasteiger partial charge in [-0.2, -0.15) is 0 Å². The number of rotatable bonds is 7. The van der Waals surface area contributed by atoms with Gasteiger partial charge in [0, 0.05) is 23.0 Å². The summed E-state index contributed by atoms with van der Waals surface area (Å²) in [6, 6.07) is 12.6. The van der Waals surface area contributed by atoms with E-state index in [4.69, 9.17) is 12.2 Å². The molecule has 0 atom stereocenters. The molecule has 0 aliphatic rings. The zero-order valence-corrected chi connectivity index (χ0v) is 18.5. The molecule has 0 fully saturated rings. The summed E-state index contributed by atoms with van der Waals surface area (Å²) in [6.45, 7) is 4.21. The van der Waals surface area contributed by atoms with Gasteiger partial charge < -0.3 is 10.6 Å². The average molecular weight is 447 g/mol. The Kier molecular flexibility index (Phi) is 6.83. The maximum atomic E-state index is 12.4. The minimum Gasteiger partial charge on any atom is -0.332 e. The van der Waals surface area contributed by atoms with Gasteiger partial charge in [-0.1, -0.05) is 32.0 Å². The summed E-state index contributed by atoms with van der Waals surface area (Å²) in [7, 11) is -3.67. The summed E-state index contributed by atoms with van der Waals surface area (Å²) >= 11 is 6.68. The van der Waals surface area contributed by atoms with Gasteiger partial charge in [0.25, 0.3) is 10.0 Å². The highest BCUT2D eigenvalue weighted by atomic mass is 32.2. The van der Waals surface area contributed by atoms with E-state index < -0.39 is 10.0 Å². The lowest BCUT2D eigenvalue weighted by molar-refractivity contribution is 0.601. The number of aryl methyl sites for hydroxylation is 2. The fraction of sp³-hybridized carbons (Fsp3) is 0.200. The van der Waals surface area contributed by atoms with Crippen molar-refractivity contribution in [1.29, 1.82) is 0 Å². The number of thiazole rings is 1. The van der Waals surface area contributed by atoms with Crippen LogP contribution in [0, 0.1) is 0 Å². The molecule has 2 aromatic carbocycles. The molecule has 3 aromatic rings. The van der Waals surface area contributed by atoms with Gasteiger partial charge in [0.2, 0.25) is 0 Å². The van der Waals surface area contributed by atoms with Crippen LogP contribution in [-0.4, -0.2) is 18.5 Å². The smallest absolute Gasteiger partial charge is 0.263 e. The van der Waals surface area contributed by atoms with Crippen LogP contribution in [0.25, 0.3) is 0 Å². The van der Waals surface area contributed by atoms with Crippen molar-refractivity contribution in [2.24, 2.45) is 0 Å². The molecule has 3 N–H and O–H groups in total. The molecule has 3 rings (SSSR count). The summed E-state index contributed by atoms with van der Waals surface area (Å²) in [4.78, 5) is 4.10. The van der Waals surface area contributed by atoms with Crippen LogP contribution in [0.2, 0.25) is 0 Å². The first kappa shape index (κ1) is 21.2. The normalized spacial score (nSPS) is 11.1. The highest BCUT2D eigenvalue weighted by Crippen LogP contribution is 2.23. The molecule has 152 valence electrons. The van der Waals surface area contributed by atoms with Crippen molar-refractivity contribution in [3.8, 4) is 0 Å². The second-order valence-electron chi connectivity index (χ2n) is 6.20. The number of para-hydroxylation sites is 1. The Labute approximate surface area is 180 Å². The topological polar surface area (TPSA) is 83.1 Å². The fourth-order valence-corrected chi connectivity index (χ4v) is 4.85. The number of nitrogens with zero attached hydrogens (tertiary/aromatic N) is 1. The van der Waals surface area contributed by atoms with Crippen molar-refractivity contribution < 1.29 is 8.42 Å². The summed E-state index contributed by atoms with van der Waals surface area (Å²) in [5, 5.41) is 8.89. The molecule has 0 bridgehead atoms. The van der Waals surface area contributed by atoms with Crippen molar-refractivity contribution in [2.75, 3.05) is 15.4 Å². The third-order valence-corrected chi connectivity index (χ3v) is 6.69. The Morgan fingerprint density at radius 1 is 1.03 bits per heavy atom. The fourth-order valence-electron chi connectivity index (χ4n) is 2.84. The number of benzene rings is 2. The molecule has 0 radical (unpaired) electrons. The van der Waals surface area contributed by atoms with Gasteiger partial charge in [0.1, 0.15) is 0 Å². The van der Waals surface area contributed by atoms with Crippen LogP contribution in [0.3, 0.4) is 0 Å². The summed E-state index contributed by atoms with van der Waals surface area (Å²) in [5.41, 5.74) is 4.12. The molecule has 29 heavy (non-hydrogen) atoms. The predicted molar refractivity (Wildman–Crippen MR) is 124 cm³/mol. The molecular weight excluding hydrogens is 424 g/mol. The van der Waals surface area contributed by atoms with Crippen molar-refractivity contribution in [3.05, 3.63) is 65.2 Å². The van der Waals surface area contributed by atoms with E-state index in [9.17, 15) is 8.42 Å². The number of sulfonamides is 1. The van der Waals surface area contributed by atoms with E-state index in [0.29, 0.717) is 15.9 Å². The van der Waals surface area contributed by atoms with Crippen LogP contribution < -0.4 is 15.4 Å². The number of hydrogen-bond acceptors (Lipinski definition) is 5. The molecule has 0 amide bonds. The first-order valence-corrected chi connectivity index (χ1v) is 11.9. The zero-order valence-electron chi connectivity index (χ0n) is 16.1. The number of thiocarbonyl (C=S) groups is 1. The molecule has 1 heterocycles. The van der Waals surface area contributed by atoms with Crippen molar-refractivity contribution in [2.45, 2.75) is 31.6 Å². The van der Waals surface area contributed by atoms with Crippen LogP contribution in [0.4, 0.5) is 16.5 Å². The molecule has 0 aliphatic heterocycles. The summed E-state index contributed by atoms with van der Waals surface area (Å²) in [5.74, 6) is 0. The molecule has 0 saturated carbocycles. The average Bonchev–Trinajstić information content (AvgIpc) is 3.20. The Morgan fingerprint density at radius 3 is 2.24 bits per heavy atom. The summed E-state index contributed by atoms with van der Waals surface area (Å²) in [6.07, 6.45) is 3.35. The Morgan fingerprint density at radius 2 is 1.69 bits per heavy atom. The Hall–Kier alpha value is -2.49. The molecule has 1 aromatic heterocycles. The van der Waals surface area contributed by atoms with Crippen molar-refractivity contribution in [1.82, 2.24) is 4.98 Å². The van der Waals surface area contributed by atoms with E-state index in [1.165, 1.54) is 34.6 Å². The minimum atomic E-state index is -3.67. The lowest BCUT2D eigenvalue weighted by atomic mass is 10.0. The minimum absolute atomic E-state index is 0.154. The number of hydrogen-bond donors (Lipinski definition) is 3. The first-order valence-electron chi connectivity index (χ1n) is 9.14. The van der Waals surface area contributed by atoms with E-state index in [0.717, 1.165) is 18.5 Å². The SMILES string of the molecule is CCc1cccc(CC)c1NC(=S)Nc1ccc(S(=O)(=O)Nc2nccs2)cc1. The van der Waals surface area contributed by atoms with E-state index in [1.54, 1.807) is 23.7 Å². The van der Waals surface area contributed by atoms with E-state index in [1.807, 2.05) is 0 Å². The van der Waals surface area contributed by atoms with E-state index in [2.05, 4.69) is 52.4 Å². The van der Waals surface area contributed by atoms with Crippen LogP contribution in [0.15, 0.2) is 58.9 Å². The maximum Gasteiger partial charge on any atom is 0.263 e. The first-order chi connectivity index (χ1) is 13.9. The van der Waals surface area contributed by atoms with Crippen LogP contribution in [0.5, 0.6) is 0 Å². The van der Waals surface area contributed by atoms with Gasteiger partial charge in [-0.05, 0) is 60.5 Å². The Balaban J connectivity index is 1.69. The third kappa shape index (κ3) is 5.31. The molecule has 9 heteroatoms. The Bertz CT molecular complexity index is 1060. The molecule has 0 saturated heterocycles. The predicted octanol–water partition coefficient (Wildman–Crippen LogP) is 4.88. The van der Waals surface area contributed by atoms with Gasteiger partial charge in [-0.3, -0.25) is 4.72 Å². The molecule has 0 aliphatic carbocycles. The quantitative estimate of drug-likeness (QED) is 0.449. The lowest BCUT2D eigenvalue weighted by Gasteiger charge is -2.17. The van der Waals surface area contributed by atoms with Gasteiger partial charge in [0.05, 0.1) is 4.90 Å². The zero-order chi connectivity index (χ0) is 20.9. The second-order valence-corrected chi connectivity index (χ2v) is 9.19. The number of aromatic nitrogens is 1. The van der Waals surface area contributed by atoms with Crippen molar-refractivity contribution >= 4 is 55.2 Å². The second kappa shape index (κ2) is 9.34. The number of anilines is 3. The van der Waals surface area contributed by atoms with Gasteiger partial charge in [0.15, 0.2) is 10.2 Å². The largest absolute Gasteiger partial charge is 0.332 e. The van der Waals surface area contributed by atoms with E-state index in [-0.39, 0.29) is 4.90 Å². The lowest BCUT2D eigenvalue weighted by Crippen LogP contribution is -2.21. The van der Waals surface area contributed by atoms with Gasteiger partial charge >= 0.3 is 0 Å². The summed E-state index contributed by atoms with van der Waals surface area (Å²) < 4.78 is 27.3. The standard InChI is InChI=1S/C20H22N4O2S3/c1-3-14-6-5-7-15(4-2)18(14)23-19(27)22-16-8-10-17(11-9-16)29(25,26)24-20-21-12-13-28-20/h5-13H,3-4H2,1-2H3,(H,21,24)(H2,22,23,27). The van der Waals surface area contributed by atoms with E-state index >= 15 is 0 Å². The highest BCUT2D eigenvalue weighted by molar-refractivity contribution is 7.93. The van der Waals surface area contributed by atoms with Crippen LogP contribution >= 0.6 is 23.6 Å². The van der Waals surface area contributed by atoms with Gasteiger partial charge in [-0.25, -0.2) is 13.4 Å². The monoisotopic (exact) mass is 446 g/mol. The molecule has 6 nitrogen and oxygen atoms in total. The third-order valence-electron chi connectivity index (χ3n) is 4.31. The molecule has 0 unspecified atom stereocenters. The van der Waals surface area contributed by atoms with Crippen LogP contribution in [-0.2, 0) is 22.9 Å². The van der Waals surface area contributed by atoms with Crippen LogP contribution in [0.1, 0.15) is 25.0 Å². The number of nitrogens with one attached hydrogen (secondary N) is 3. The van der Waals surface area contributed by atoms with Crippen molar-refractivity contribution in [3.63, 3.8) is 0 Å². The highest BCUT2D eigenvalue weighted by Gasteiger charge is 2.15. The molecule has 0 spiro atoms. The molecular formula is C20H22N4O2S3. The van der Waals surface area contributed by atoms with Gasteiger partial charge in [-0.15, -0.1) is 11.3 Å².